The summed E-state index contributed by atoms with van der Waals surface area (Å²) < 4.78 is 2.02. The Morgan fingerprint density at radius 2 is 1.81 bits per heavy atom. The first kappa shape index (κ1) is 15.8. The molecule has 2 aromatic rings. The van der Waals surface area contributed by atoms with Gasteiger partial charge in [-0.1, -0.05) is 45.0 Å². The smallest absolute Gasteiger partial charge is 0.0659 e. The Kier molecular flexibility index (Phi) is 5.57. The molecule has 0 spiro atoms. The van der Waals surface area contributed by atoms with Crippen molar-refractivity contribution < 1.29 is 0 Å². The van der Waals surface area contributed by atoms with Crippen molar-refractivity contribution >= 4 is 0 Å². The molecule has 0 amide bonds. The Bertz CT molecular complexity index is 540. The second-order valence-electron chi connectivity index (χ2n) is 6.04. The quantitative estimate of drug-likeness (QED) is 0.829. The van der Waals surface area contributed by atoms with Crippen molar-refractivity contribution in [1.82, 2.24) is 15.1 Å². The fraction of sp³-hybridized carbons (Fsp3) is 0.500. The van der Waals surface area contributed by atoms with E-state index in [-0.39, 0.29) is 0 Å². The maximum atomic E-state index is 4.47. The van der Waals surface area contributed by atoms with Gasteiger partial charge in [-0.05, 0) is 36.9 Å². The summed E-state index contributed by atoms with van der Waals surface area (Å²) in [6, 6.07) is 9.21. The molecule has 1 aromatic carbocycles. The van der Waals surface area contributed by atoms with E-state index in [1.807, 2.05) is 10.9 Å². The zero-order valence-electron chi connectivity index (χ0n) is 13.6. The van der Waals surface area contributed by atoms with Crippen LogP contribution in [0.3, 0.4) is 0 Å². The summed E-state index contributed by atoms with van der Waals surface area (Å²) in [5, 5.41) is 7.97. The fourth-order valence-electron chi connectivity index (χ4n) is 2.36. The Balaban J connectivity index is 1.98. The van der Waals surface area contributed by atoms with Crippen LogP contribution in [0.1, 0.15) is 62.8 Å². The molecule has 3 heteroatoms. The van der Waals surface area contributed by atoms with Crippen LogP contribution in [-0.2, 0) is 6.54 Å². The van der Waals surface area contributed by atoms with E-state index in [0.29, 0.717) is 12.0 Å². The maximum Gasteiger partial charge on any atom is 0.0659 e. The largest absolute Gasteiger partial charge is 0.310 e. The molecule has 0 radical (unpaired) electrons. The summed E-state index contributed by atoms with van der Waals surface area (Å²) in [6.45, 7) is 10.7. The molecular formula is C18H27N3. The third-order valence-corrected chi connectivity index (χ3v) is 3.84. The standard InChI is InChI=1S/C18H27N3/c1-5-10-19-15(4)18-11-20-21(13-18)12-16-6-8-17(9-7-16)14(2)3/h6-9,11,13-15,19H,5,10,12H2,1-4H3. The lowest BCUT2D eigenvalue weighted by atomic mass is 10.0. The van der Waals surface area contributed by atoms with Crippen molar-refractivity contribution in [3.63, 3.8) is 0 Å². The Hall–Kier alpha value is -1.61. The van der Waals surface area contributed by atoms with Gasteiger partial charge in [0.1, 0.15) is 0 Å². The number of nitrogens with one attached hydrogen (secondary N) is 1. The average Bonchev–Trinajstić information content (AvgIpc) is 2.94. The van der Waals surface area contributed by atoms with Crippen molar-refractivity contribution in [3.8, 4) is 0 Å². The van der Waals surface area contributed by atoms with Gasteiger partial charge >= 0.3 is 0 Å². The predicted molar refractivity (Wildman–Crippen MR) is 88.6 cm³/mol. The number of rotatable bonds is 7. The number of nitrogens with zero attached hydrogens (tertiary/aromatic N) is 2. The normalized spacial score (nSPS) is 12.8. The summed E-state index contributed by atoms with van der Waals surface area (Å²) in [4.78, 5) is 0. The zero-order chi connectivity index (χ0) is 15.2. The van der Waals surface area contributed by atoms with E-state index in [2.05, 4.69) is 68.6 Å². The first-order valence-corrected chi connectivity index (χ1v) is 7.94. The highest BCUT2D eigenvalue weighted by molar-refractivity contribution is 5.25. The zero-order valence-corrected chi connectivity index (χ0v) is 13.6. The van der Waals surface area contributed by atoms with Gasteiger partial charge in [0.15, 0.2) is 0 Å². The highest BCUT2D eigenvalue weighted by Gasteiger charge is 2.07. The second kappa shape index (κ2) is 7.41. The topological polar surface area (TPSA) is 29.9 Å². The van der Waals surface area contributed by atoms with Crippen molar-refractivity contribution in [2.24, 2.45) is 0 Å². The Morgan fingerprint density at radius 1 is 1.10 bits per heavy atom. The molecule has 0 fully saturated rings. The van der Waals surface area contributed by atoms with Gasteiger partial charge in [0.05, 0.1) is 12.7 Å². The summed E-state index contributed by atoms with van der Waals surface area (Å²) in [7, 11) is 0. The molecule has 1 heterocycles. The molecule has 0 bridgehead atoms. The predicted octanol–water partition coefficient (Wildman–Crippen LogP) is 4.12. The van der Waals surface area contributed by atoms with Crippen molar-refractivity contribution in [3.05, 3.63) is 53.3 Å². The number of hydrogen-bond acceptors (Lipinski definition) is 2. The molecule has 0 aliphatic carbocycles. The number of hydrogen-bond donors (Lipinski definition) is 1. The monoisotopic (exact) mass is 285 g/mol. The summed E-state index contributed by atoms with van der Waals surface area (Å²) in [5.41, 5.74) is 3.93. The molecule has 21 heavy (non-hydrogen) atoms. The molecule has 0 saturated heterocycles. The third kappa shape index (κ3) is 4.43. The number of benzene rings is 1. The lowest BCUT2D eigenvalue weighted by Gasteiger charge is -2.10. The minimum Gasteiger partial charge on any atom is -0.310 e. The molecule has 0 aliphatic rings. The van der Waals surface area contributed by atoms with Crippen LogP contribution in [0.2, 0.25) is 0 Å². The van der Waals surface area contributed by atoms with Gasteiger partial charge in [-0.25, -0.2) is 0 Å². The second-order valence-corrected chi connectivity index (χ2v) is 6.04. The lowest BCUT2D eigenvalue weighted by Crippen LogP contribution is -2.18. The van der Waals surface area contributed by atoms with Gasteiger partial charge in [0, 0.05) is 17.8 Å². The molecule has 3 nitrogen and oxygen atoms in total. The molecule has 1 unspecified atom stereocenters. The summed E-state index contributed by atoms with van der Waals surface area (Å²) >= 11 is 0. The van der Waals surface area contributed by atoms with Gasteiger partial charge in [-0.15, -0.1) is 0 Å². The van der Waals surface area contributed by atoms with Gasteiger partial charge in [-0.2, -0.15) is 5.10 Å². The molecule has 2 rings (SSSR count). The highest BCUT2D eigenvalue weighted by atomic mass is 15.3. The van der Waals surface area contributed by atoms with Crippen LogP contribution >= 0.6 is 0 Å². The summed E-state index contributed by atoms with van der Waals surface area (Å²) in [6.07, 6.45) is 5.26. The van der Waals surface area contributed by atoms with Crippen LogP contribution in [0.25, 0.3) is 0 Å². The van der Waals surface area contributed by atoms with Gasteiger partial charge in [0.2, 0.25) is 0 Å². The van der Waals surface area contributed by atoms with E-state index < -0.39 is 0 Å². The average molecular weight is 285 g/mol. The first-order chi connectivity index (χ1) is 10.1. The van der Waals surface area contributed by atoms with E-state index in [4.69, 9.17) is 0 Å². The van der Waals surface area contributed by atoms with Crippen molar-refractivity contribution in [1.29, 1.82) is 0 Å². The molecule has 1 atom stereocenters. The molecule has 0 aliphatic heterocycles. The molecule has 1 aromatic heterocycles. The van der Waals surface area contributed by atoms with Crippen LogP contribution in [0.15, 0.2) is 36.7 Å². The van der Waals surface area contributed by atoms with Crippen LogP contribution in [-0.4, -0.2) is 16.3 Å². The van der Waals surface area contributed by atoms with Crippen molar-refractivity contribution in [2.75, 3.05) is 6.54 Å². The number of aromatic nitrogens is 2. The first-order valence-electron chi connectivity index (χ1n) is 7.94. The Labute approximate surface area is 128 Å². The van der Waals surface area contributed by atoms with E-state index in [1.165, 1.54) is 16.7 Å². The fourth-order valence-corrected chi connectivity index (χ4v) is 2.36. The van der Waals surface area contributed by atoms with Crippen LogP contribution in [0, 0.1) is 0 Å². The molecule has 1 N–H and O–H groups in total. The highest BCUT2D eigenvalue weighted by Crippen LogP contribution is 2.16. The maximum absolute atomic E-state index is 4.47. The Morgan fingerprint density at radius 3 is 2.43 bits per heavy atom. The molecular weight excluding hydrogens is 258 g/mol. The van der Waals surface area contributed by atoms with E-state index >= 15 is 0 Å². The van der Waals surface area contributed by atoms with Gasteiger partial charge < -0.3 is 5.32 Å². The lowest BCUT2D eigenvalue weighted by molar-refractivity contribution is 0.569. The van der Waals surface area contributed by atoms with E-state index in [9.17, 15) is 0 Å². The van der Waals surface area contributed by atoms with Crippen LogP contribution in [0.4, 0.5) is 0 Å². The molecule has 114 valence electrons. The van der Waals surface area contributed by atoms with Gasteiger partial charge in [-0.3, -0.25) is 4.68 Å². The van der Waals surface area contributed by atoms with E-state index in [0.717, 1.165) is 19.5 Å². The minimum absolute atomic E-state index is 0.363. The SMILES string of the molecule is CCCNC(C)c1cnn(Cc2ccc(C(C)C)cc2)c1. The van der Waals surface area contributed by atoms with Crippen molar-refractivity contribution in [2.45, 2.75) is 52.6 Å². The van der Waals surface area contributed by atoms with E-state index in [1.54, 1.807) is 0 Å². The minimum atomic E-state index is 0.363. The van der Waals surface area contributed by atoms with Gasteiger partial charge in [0.25, 0.3) is 0 Å². The van der Waals surface area contributed by atoms with Crippen LogP contribution < -0.4 is 5.32 Å². The third-order valence-electron chi connectivity index (χ3n) is 3.84. The summed E-state index contributed by atoms with van der Waals surface area (Å²) in [5.74, 6) is 0.584. The molecule has 0 saturated carbocycles. The van der Waals surface area contributed by atoms with Crippen LogP contribution in [0.5, 0.6) is 0 Å².